The third-order valence-corrected chi connectivity index (χ3v) is 2.29. The predicted molar refractivity (Wildman–Crippen MR) is 52.6 cm³/mol. The molecule has 0 atom stereocenters. The maximum atomic E-state index is 11.5. The van der Waals surface area contributed by atoms with E-state index in [1.165, 1.54) is 6.07 Å². The number of hydrogen-bond acceptors (Lipinski definition) is 4. The number of ketones is 1. The Kier molecular flexibility index (Phi) is 2.41. The standard InChI is InChI=1S/C11H10O4/c1-2-9(13)8-4-11-10(14-6-15-11)3-7(8)5-12/h3-5H,2,6H2,1H3. The van der Waals surface area contributed by atoms with Crippen LogP contribution < -0.4 is 9.47 Å². The van der Waals surface area contributed by atoms with E-state index < -0.39 is 0 Å². The quantitative estimate of drug-likeness (QED) is 0.559. The summed E-state index contributed by atoms with van der Waals surface area (Å²) in [6.07, 6.45) is 1.02. The maximum absolute atomic E-state index is 11.5. The summed E-state index contributed by atoms with van der Waals surface area (Å²) >= 11 is 0. The van der Waals surface area contributed by atoms with Gasteiger partial charge in [0, 0.05) is 17.5 Å². The number of carbonyl (C=O) groups is 2. The molecule has 78 valence electrons. The van der Waals surface area contributed by atoms with Gasteiger partial charge in [-0.15, -0.1) is 0 Å². The van der Waals surface area contributed by atoms with Gasteiger partial charge in [-0.3, -0.25) is 9.59 Å². The van der Waals surface area contributed by atoms with Crippen molar-refractivity contribution in [2.75, 3.05) is 6.79 Å². The molecule has 1 aromatic carbocycles. The minimum Gasteiger partial charge on any atom is -0.454 e. The van der Waals surface area contributed by atoms with E-state index in [1.54, 1.807) is 13.0 Å². The summed E-state index contributed by atoms with van der Waals surface area (Å²) in [4.78, 5) is 22.3. The summed E-state index contributed by atoms with van der Waals surface area (Å²) in [6, 6.07) is 3.11. The van der Waals surface area contributed by atoms with Crippen molar-refractivity contribution < 1.29 is 19.1 Å². The first-order valence-corrected chi connectivity index (χ1v) is 4.68. The Bertz CT molecular complexity index is 423. The van der Waals surface area contributed by atoms with Gasteiger partial charge in [0.25, 0.3) is 0 Å². The van der Waals surface area contributed by atoms with Gasteiger partial charge in [-0.25, -0.2) is 0 Å². The molecule has 0 spiro atoms. The van der Waals surface area contributed by atoms with Gasteiger partial charge in [-0.2, -0.15) is 0 Å². The molecule has 0 fully saturated rings. The minimum absolute atomic E-state index is 0.0737. The molecule has 2 rings (SSSR count). The normalized spacial score (nSPS) is 12.6. The van der Waals surface area contributed by atoms with Crippen LogP contribution in [0.2, 0.25) is 0 Å². The molecule has 0 radical (unpaired) electrons. The van der Waals surface area contributed by atoms with Gasteiger partial charge in [0.1, 0.15) is 0 Å². The van der Waals surface area contributed by atoms with Crippen LogP contribution in [0.5, 0.6) is 11.5 Å². The molecule has 4 nitrogen and oxygen atoms in total. The fourth-order valence-corrected chi connectivity index (χ4v) is 1.49. The number of hydrogen-bond donors (Lipinski definition) is 0. The highest BCUT2D eigenvalue weighted by atomic mass is 16.7. The number of carbonyl (C=O) groups excluding carboxylic acids is 2. The zero-order valence-corrected chi connectivity index (χ0v) is 8.28. The van der Waals surface area contributed by atoms with E-state index >= 15 is 0 Å². The van der Waals surface area contributed by atoms with E-state index in [0.717, 1.165) is 0 Å². The number of aldehydes is 1. The van der Waals surface area contributed by atoms with Crippen LogP contribution in [0.25, 0.3) is 0 Å². The highest BCUT2D eigenvalue weighted by molar-refractivity contribution is 6.03. The number of rotatable bonds is 3. The topological polar surface area (TPSA) is 52.6 Å². The lowest BCUT2D eigenvalue weighted by Crippen LogP contribution is -2.01. The molecule has 0 aromatic heterocycles. The number of benzene rings is 1. The number of fused-ring (bicyclic) bond motifs is 1. The van der Waals surface area contributed by atoms with Crippen LogP contribution in [0.4, 0.5) is 0 Å². The largest absolute Gasteiger partial charge is 0.454 e. The van der Waals surface area contributed by atoms with E-state index in [-0.39, 0.29) is 12.6 Å². The van der Waals surface area contributed by atoms with Gasteiger partial charge in [0.05, 0.1) is 0 Å². The van der Waals surface area contributed by atoms with Crippen molar-refractivity contribution in [2.24, 2.45) is 0 Å². The van der Waals surface area contributed by atoms with E-state index in [0.29, 0.717) is 35.3 Å². The van der Waals surface area contributed by atoms with Crippen LogP contribution in [-0.2, 0) is 0 Å². The van der Waals surface area contributed by atoms with Crippen molar-refractivity contribution in [1.29, 1.82) is 0 Å². The minimum atomic E-state index is -0.0737. The van der Waals surface area contributed by atoms with E-state index in [9.17, 15) is 9.59 Å². The second-order valence-electron chi connectivity index (χ2n) is 3.19. The van der Waals surface area contributed by atoms with Gasteiger partial charge in [0.15, 0.2) is 23.6 Å². The molecular weight excluding hydrogens is 196 g/mol. The van der Waals surface area contributed by atoms with Gasteiger partial charge < -0.3 is 9.47 Å². The molecule has 0 saturated heterocycles. The van der Waals surface area contributed by atoms with Crippen molar-refractivity contribution in [3.63, 3.8) is 0 Å². The van der Waals surface area contributed by atoms with Gasteiger partial charge in [-0.1, -0.05) is 6.92 Å². The molecule has 4 heteroatoms. The molecule has 0 amide bonds. The predicted octanol–water partition coefficient (Wildman–Crippen LogP) is 1.82. The lowest BCUT2D eigenvalue weighted by molar-refractivity contribution is 0.0981. The average Bonchev–Trinajstić information content (AvgIpc) is 2.73. The Morgan fingerprint density at radius 1 is 1.40 bits per heavy atom. The summed E-state index contributed by atoms with van der Waals surface area (Å²) in [5.41, 5.74) is 0.753. The molecule has 1 aliphatic rings. The third-order valence-electron chi connectivity index (χ3n) is 2.29. The number of ether oxygens (including phenoxy) is 2. The molecule has 15 heavy (non-hydrogen) atoms. The highest BCUT2D eigenvalue weighted by Gasteiger charge is 2.19. The Morgan fingerprint density at radius 2 is 2.07 bits per heavy atom. The van der Waals surface area contributed by atoms with Gasteiger partial charge >= 0.3 is 0 Å². The van der Waals surface area contributed by atoms with Crippen LogP contribution in [0.15, 0.2) is 12.1 Å². The first kappa shape index (κ1) is 9.71. The Balaban J connectivity index is 2.53. The molecular formula is C11H10O4. The second-order valence-corrected chi connectivity index (χ2v) is 3.19. The lowest BCUT2D eigenvalue weighted by atomic mass is 10.0. The van der Waals surface area contributed by atoms with Crippen LogP contribution in [0.1, 0.15) is 34.1 Å². The Labute approximate surface area is 86.8 Å². The molecule has 0 bridgehead atoms. The first-order valence-electron chi connectivity index (χ1n) is 4.68. The smallest absolute Gasteiger partial charge is 0.231 e. The molecule has 0 unspecified atom stereocenters. The highest BCUT2D eigenvalue weighted by Crippen LogP contribution is 2.34. The van der Waals surface area contributed by atoms with Crippen LogP contribution in [0, 0.1) is 0 Å². The van der Waals surface area contributed by atoms with Gasteiger partial charge in [0.2, 0.25) is 6.79 Å². The average molecular weight is 206 g/mol. The van der Waals surface area contributed by atoms with E-state index in [4.69, 9.17) is 9.47 Å². The SMILES string of the molecule is CCC(=O)c1cc2c(cc1C=O)OCO2. The summed E-state index contributed by atoms with van der Waals surface area (Å²) in [6.45, 7) is 1.89. The molecule has 1 heterocycles. The second kappa shape index (κ2) is 3.73. The summed E-state index contributed by atoms with van der Waals surface area (Å²) in [5, 5.41) is 0. The molecule has 0 aliphatic carbocycles. The monoisotopic (exact) mass is 206 g/mol. The molecule has 0 N–H and O–H groups in total. The zero-order chi connectivity index (χ0) is 10.8. The maximum Gasteiger partial charge on any atom is 0.231 e. The summed E-state index contributed by atoms with van der Waals surface area (Å²) < 4.78 is 10.3. The molecule has 1 aromatic rings. The lowest BCUT2D eigenvalue weighted by Gasteiger charge is -2.03. The molecule has 0 saturated carbocycles. The van der Waals surface area contributed by atoms with Crippen molar-refractivity contribution >= 4 is 12.1 Å². The van der Waals surface area contributed by atoms with E-state index in [2.05, 4.69) is 0 Å². The van der Waals surface area contributed by atoms with E-state index in [1.807, 2.05) is 0 Å². The summed E-state index contributed by atoms with van der Waals surface area (Å²) in [7, 11) is 0. The van der Waals surface area contributed by atoms with Crippen molar-refractivity contribution in [3.05, 3.63) is 23.3 Å². The van der Waals surface area contributed by atoms with Crippen LogP contribution in [0.3, 0.4) is 0 Å². The van der Waals surface area contributed by atoms with Crippen molar-refractivity contribution in [3.8, 4) is 11.5 Å². The van der Waals surface area contributed by atoms with Crippen LogP contribution >= 0.6 is 0 Å². The Morgan fingerprint density at radius 3 is 2.67 bits per heavy atom. The Hall–Kier alpha value is -1.84. The fourth-order valence-electron chi connectivity index (χ4n) is 1.49. The zero-order valence-electron chi connectivity index (χ0n) is 8.28. The first-order chi connectivity index (χ1) is 7.26. The van der Waals surface area contributed by atoms with Gasteiger partial charge in [-0.05, 0) is 12.1 Å². The third kappa shape index (κ3) is 1.58. The van der Waals surface area contributed by atoms with Crippen LogP contribution in [-0.4, -0.2) is 18.9 Å². The molecule has 1 aliphatic heterocycles. The fraction of sp³-hybridized carbons (Fsp3) is 0.273. The van der Waals surface area contributed by atoms with Crippen molar-refractivity contribution in [2.45, 2.75) is 13.3 Å². The number of Topliss-reactive ketones (excluding diaryl/α,β-unsaturated/α-hetero) is 1. The van der Waals surface area contributed by atoms with Crippen molar-refractivity contribution in [1.82, 2.24) is 0 Å². The summed E-state index contributed by atoms with van der Waals surface area (Å²) in [5.74, 6) is 0.970.